The average molecular weight is 342 g/mol. The zero-order valence-corrected chi connectivity index (χ0v) is 14.5. The van der Waals surface area contributed by atoms with E-state index in [0.29, 0.717) is 22.4 Å². The smallest absolute Gasteiger partial charge is 0.343 e. The predicted octanol–water partition coefficient (Wildman–Crippen LogP) is 5.07. The molecule has 0 N–H and O–H groups in total. The molecular weight excluding hydrogens is 324 g/mol. The van der Waals surface area contributed by atoms with Crippen LogP contribution in [0.2, 0.25) is 0 Å². The summed E-state index contributed by atoms with van der Waals surface area (Å²) in [6, 6.07) is 20.1. The highest BCUT2D eigenvalue weighted by molar-refractivity contribution is 6.22. The van der Waals surface area contributed by atoms with Crippen LogP contribution in [0.25, 0.3) is 11.1 Å². The highest BCUT2D eigenvalue weighted by atomic mass is 16.5. The third kappa shape index (κ3) is 2.82. The molecule has 1 aliphatic carbocycles. The summed E-state index contributed by atoms with van der Waals surface area (Å²) in [7, 11) is 0. The van der Waals surface area contributed by atoms with Crippen molar-refractivity contribution in [2.75, 3.05) is 0 Å². The highest BCUT2D eigenvalue weighted by Gasteiger charge is 2.27. The third-order valence-corrected chi connectivity index (χ3v) is 4.63. The summed E-state index contributed by atoms with van der Waals surface area (Å²) >= 11 is 0. The molecule has 0 aliphatic heterocycles. The first kappa shape index (κ1) is 16.3. The molecule has 3 aromatic carbocycles. The van der Waals surface area contributed by atoms with Gasteiger partial charge in [-0.2, -0.15) is 0 Å². The van der Waals surface area contributed by atoms with Gasteiger partial charge in [-0.25, -0.2) is 4.79 Å². The fourth-order valence-corrected chi connectivity index (χ4v) is 3.33. The number of hydrogen-bond donors (Lipinski definition) is 0. The molecule has 1 aliphatic rings. The molecule has 0 saturated carbocycles. The summed E-state index contributed by atoms with van der Waals surface area (Å²) in [4.78, 5) is 24.9. The van der Waals surface area contributed by atoms with Crippen molar-refractivity contribution >= 4 is 11.8 Å². The second-order valence-electron chi connectivity index (χ2n) is 6.42. The van der Waals surface area contributed by atoms with E-state index >= 15 is 0 Å². The van der Waals surface area contributed by atoms with Crippen molar-refractivity contribution in [1.29, 1.82) is 0 Å². The van der Waals surface area contributed by atoms with Gasteiger partial charge in [0, 0.05) is 11.1 Å². The summed E-state index contributed by atoms with van der Waals surface area (Å²) in [6.07, 6.45) is 2.08. The Kier molecular flexibility index (Phi) is 4.13. The molecule has 3 nitrogen and oxygen atoms in total. The number of carbonyl (C=O) groups is 2. The Labute approximate surface area is 152 Å². The van der Waals surface area contributed by atoms with Gasteiger partial charge in [0.05, 0.1) is 5.56 Å². The van der Waals surface area contributed by atoms with Crippen LogP contribution in [0, 0.1) is 0 Å². The van der Waals surface area contributed by atoms with Crippen molar-refractivity contribution in [3.63, 3.8) is 0 Å². The van der Waals surface area contributed by atoms with Crippen LogP contribution in [0.5, 0.6) is 5.75 Å². The number of hydrogen-bond acceptors (Lipinski definition) is 3. The van der Waals surface area contributed by atoms with E-state index < -0.39 is 5.97 Å². The second-order valence-corrected chi connectivity index (χ2v) is 6.42. The molecule has 128 valence electrons. The Morgan fingerprint density at radius 3 is 2.27 bits per heavy atom. The van der Waals surface area contributed by atoms with Crippen molar-refractivity contribution in [2.24, 2.45) is 0 Å². The second kappa shape index (κ2) is 6.60. The summed E-state index contributed by atoms with van der Waals surface area (Å²) in [6.45, 7) is 2.13. The summed E-state index contributed by atoms with van der Waals surface area (Å²) < 4.78 is 5.48. The normalized spacial score (nSPS) is 11.8. The lowest BCUT2D eigenvalue weighted by atomic mass is 10.0. The summed E-state index contributed by atoms with van der Waals surface area (Å²) in [5, 5.41) is 0. The molecule has 0 spiro atoms. The molecule has 0 radical (unpaired) electrons. The molecule has 3 heteroatoms. The lowest BCUT2D eigenvalue weighted by molar-refractivity contribution is 0.0734. The quantitative estimate of drug-likeness (QED) is 0.384. The Morgan fingerprint density at radius 2 is 1.54 bits per heavy atom. The number of aryl methyl sites for hydroxylation is 1. The molecule has 0 unspecified atom stereocenters. The van der Waals surface area contributed by atoms with E-state index in [0.717, 1.165) is 24.0 Å². The molecule has 4 rings (SSSR count). The van der Waals surface area contributed by atoms with Gasteiger partial charge in [-0.1, -0.05) is 49.7 Å². The van der Waals surface area contributed by atoms with Crippen LogP contribution in [0.3, 0.4) is 0 Å². The molecule has 0 heterocycles. The minimum Gasteiger partial charge on any atom is -0.423 e. The number of fused-ring (bicyclic) bond motifs is 3. The predicted molar refractivity (Wildman–Crippen MR) is 101 cm³/mol. The van der Waals surface area contributed by atoms with E-state index in [1.807, 2.05) is 48.5 Å². The van der Waals surface area contributed by atoms with Gasteiger partial charge in [-0.05, 0) is 53.4 Å². The van der Waals surface area contributed by atoms with E-state index in [4.69, 9.17) is 4.74 Å². The van der Waals surface area contributed by atoms with Gasteiger partial charge in [0.1, 0.15) is 5.75 Å². The van der Waals surface area contributed by atoms with Gasteiger partial charge in [0.15, 0.2) is 5.78 Å². The van der Waals surface area contributed by atoms with Crippen molar-refractivity contribution in [1.82, 2.24) is 0 Å². The zero-order chi connectivity index (χ0) is 18.1. The molecule has 0 bridgehead atoms. The zero-order valence-electron chi connectivity index (χ0n) is 14.5. The lowest BCUT2D eigenvalue weighted by Gasteiger charge is -2.07. The van der Waals surface area contributed by atoms with Gasteiger partial charge >= 0.3 is 5.97 Å². The number of carbonyl (C=O) groups excluding carboxylic acids is 2. The molecular formula is C23H18O3. The first-order chi connectivity index (χ1) is 12.7. The minimum absolute atomic E-state index is 0.00188. The standard InChI is InChI=1S/C23H18O3/c1-2-5-15-8-11-17(12-9-15)26-23(25)16-10-13-20-21(14-16)18-6-3-4-7-19(18)22(20)24/h3-4,6-14H,2,5H2,1H3. The molecule has 26 heavy (non-hydrogen) atoms. The Bertz CT molecular complexity index is 1000. The molecule has 0 aromatic heterocycles. The molecule has 0 atom stereocenters. The largest absolute Gasteiger partial charge is 0.423 e. The maximum atomic E-state index is 12.5. The van der Waals surface area contributed by atoms with Gasteiger partial charge in [0.2, 0.25) is 0 Å². The van der Waals surface area contributed by atoms with Crippen molar-refractivity contribution in [3.8, 4) is 16.9 Å². The van der Waals surface area contributed by atoms with Crippen molar-refractivity contribution < 1.29 is 14.3 Å². The molecule has 0 saturated heterocycles. The maximum absolute atomic E-state index is 12.5. The molecule has 3 aromatic rings. The lowest BCUT2D eigenvalue weighted by Crippen LogP contribution is -2.09. The van der Waals surface area contributed by atoms with E-state index in [1.165, 1.54) is 5.56 Å². The Balaban J connectivity index is 1.60. The minimum atomic E-state index is -0.423. The molecule has 0 amide bonds. The maximum Gasteiger partial charge on any atom is 0.343 e. The first-order valence-corrected chi connectivity index (χ1v) is 8.76. The van der Waals surface area contributed by atoms with Crippen molar-refractivity contribution in [2.45, 2.75) is 19.8 Å². The highest BCUT2D eigenvalue weighted by Crippen LogP contribution is 2.37. The average Bonchev–Trinajstić information content (AvgIpc) is 2.96. The fraction of sp³-hybridized carbons (Fsp3) is 0.130. The number of esters is 1. The van der Waals surface area contributed by atoms with Crippen LogP contribution in [-0.4, -0.2) is 11.8 Å². The van der Waals surface area contributed by atoms with E-state index in [-0.39, 0.29) is 5.78 Å². The number of ether oxygens (including phenoxy) is 1. The monoisotopic (exact) mass is 342 g/mol. The summed E-state index contributed by atoms with van der Waals surface area (Å²) in [5.41, 5.74) is 4.63. The Morgan fingerprint density at radius 1 is 0.846 bits per heavy atom. The van der Waals surface area contributed by atoms with Gasteiger partial charge in [0.25, 0.3) is 0 Å². The van der Waals surface area contributed by atoms with E-state index in [1.54, 1.807) is 18.2 Å². The van der Waals surface area contributed by atoms with Gasteiger partial charge < -0.3 is 4.74 Å². The van der Waals surface area contributed by atoms with E-state index in [9.17, 15) is 9.59 Å². The van der Waals surface area contributed by atoms with E-state index in [2.05, 4.69) is 6.92 Å². The van der Waals surface area contributed by atoms with Crippen LogP contribution < -0.4 is 4.74 Å². The van der Waals surface area contributed by atoms with Crippen LogP contribution >= 0.6 is 0 Å². The van der Waals surface area contributed by atoms with Crippen LogP contribution in [0.15, 0.2) is 66.7 Å². The number of ketones is 1. The number of rotatable bonds is 4. The van der Waals surface area contributed by atoms with Crippen molar-refractivity contribution in [3.05, 3.63) is 89.0 Å². The van der Waals surface area contributed by atoms with Crippen LogP contribution in [0.4, 0.5) is 0 Å². The number of benzene rings is 3. The summed E-state index contributed by atoms with van der Waals surface area (Å²) in [5.74, 6) is 0.0988. The first-order valence-electron chi connectivity index (χ1n) is 8.76. The van der Waals surface area contributed by atoms with Crippen LogP contribution in [0.1, 0.15) is 45.2 Å². The van der Waals surface area contributed by atoms with Gasteiger partial charge in [-0.3, -0.25) is 4.79 Å². The SMILES string of the molecule is CCCc1ccc(OC(=O)c2ccc3c(c2)-c2ccccc2C3=O)cc1. The topological polar surface area (TPSA) is 43.4 Å². The third-order valence-electron chi connectivity index (χ3n) is 4.63. The van der Waals surface area contributed by atoms with Gasteiger partial charge in [-0.15, -0.1) is 0 Å². The Hall–Kier alpha value is -3.20. The fourth-order valence-electron chi connectivity index (χ4n) is 3.33. The molecule has 0 fully saturated rings. The van der Waals surface area contributed by atoms with Crippen LogP contribution in [-0.2, 0) is 6.42 Å².